The van der Waals surface area contributed by atoms with E-state index in [2.05, 4.69) is 68.2 Å². The monoisotopic (exact) mass is 405 g/mol. The Morgan fingerprint density at radius 3 is 2.03 bits per heavy atom. The van der Waals surface area contributed by atoms with Gasteiger partial charge in [-0.2, -0.15) is 0 Å². The standard InChI is InChI=1S/C25H31NO2Si/c1-4-29(5-2,6-3)28-25(22-15-11-8-12-16-22)23-17-24(19-26-18-23)27-20-21-13-9-7-10-14-21/h7-19,25H,4-6,20H2,1-3H3. The summed E-state index contributed by atoms with van der Waals surface area (Å²) in [4.78, 5) is 4.46. The molecule has 1 atom stereocenters. The molecule has 29 heavy (non-hydrogen) atoms. The van der Waals surface area contributed by atoms with Gasteiger partial charge in [0.1, 0.15) is 12.4 Å². The van der Waals surface area contributed by atoms with Crippen LogP contribution in [0, 0.1) is 0 Å². The van der Waals surface area contributed by atoms with Crippen molar-refractivity contribution in [3.05, 3.63) is 95.8 Å². The van der Waals surface area contributed by atoms with Crippen molar-refractivity contribution in [1.82, 2.24) is 4.98 Å². The maximum atomic E-state index is 6.92. The van der Waals surface area contributed by atoms with Crippen LogP contribution in [0.5, 0.6) is 5.75 Å². The minimum atomic E-state index is -1.80. The van der Waals surface area contributed by atoms with Gasteiger partial charge in [-0.25, -0.2) is 0 Å². The van der Waals surface area contributed by atoms with Gasteiger partial charge in [0.05, 0.1) is 12.3 Å². The first-order valence-corrected chi connectivity index (χ1v) is 13.1. The van der Waals surface area contributed by atoms with Crippen molar-refractivity contribution in [3.8, 4) is 5.75 Å². The molecule has 0 aliphatic rings. The van der Waals surface area contributed by atoms with E-state index in [9.17, 15) is 0 Å². The molecular formula is C25H31NO2Si. The number of pyridine rings is 1. The summed E-state index contributed by atoms with van der Waals surface area (Å²) in [6, 6.07) is 26.1. The van der Waals surface area contributed by atoms with Gasteiger partial charge < -0.3 is 9.16 Å². The molecule has 3 nitrogen and oxygen atoms in total. The van der Waals surface area contributed by atoms with Crippen LogP contribution >= 0.6 is 0 Å². The van der Waals surface area contributed by atoms with E-state index in [1.54, 1.807) is 6.20 Å². The second-order valence-electron chi connectivity index (χ2n) is 7.38. The summed E-state index contributed by atoms with van der Waals surface area (Å²) in [5.74, 6) is 0.771. The SMILES string of the molecule is CC[Si](CC)(CC)OC(c1ccccc1)c1cncc(OCc2ccccc2)c1. The lowest BCUT2D eigenvalue weighted by molar-refractivity contribution is 0.228. The highest BCUT2D eigenvalue weighted by molar-refractivity contribution is 6.73. The molecule has 0 amide bonds. The van der Waals surface area contributed by atoms with Gasteiger partial charge in [-0.1, -0.05) is 81.4 Å². The van der Waals surface area contributed by atoms with Crippen LogP contribution in [0.15, 0.2) is 79.1 Å². The van der Waals surface area contributed by atoms with Crippen molar-refractivity contribution in [3.63, 3.8) is 0 Å². The molecule has 0 spiro atoms. The molecular weight excluding hydrogens is 374 g/mol. The minimum Gasteiger partial charge on any atom is -0.487 e. The van der Waals surface area contributed by atoms with Gasteiger partial charge in [-0.15, -0.1) is 0 Å². The second-order valence-corrected chi connectivity index (χ2v) is 12.1. The summed E-state index contributed by atoms with van der Waals surface area (Å²) in [6.07, 6.45) is 3.57. The molecule has 4 heteroatoms. The molecule has 1 aromatic heterocycles. The van der Waals surface area contributed by atoms with Crippen molar-refractivity contribution < 1.29 is 9.16 Å². The first-order chi connectivity index (χ1) is 14.2. The minimum absolute atomic E-state index is 0.115. The van der Waals surface area contributed by atoms with Crippen LogP contribution in [0.3, 0.4) is 0 Å². The number of hydrogen-bond donors (Lipinski definition) is 0. The van der Waals surface area contributed by atoms with Gasteiger partial charge in [-0.05, 0) is 35.3 Å². The van der Waals surface area contributed by atoms with Crippen molar-refractivity contribution >= 4 is 8.32 Å². The largest absolute Gasteiger partial charge is 0.487 e. The summed E-state index contributed by atoms with van der Waals surface area (Å²) < 4.78 is 12.9. The van der Waals surface area contributed by atoms with Crippen molar-refractivity contribution in [1.29, 1.82) is 0 Å². The van der Waals surface area contributed by atoms with Gasteiger partial charge >= 0.3 is 0 Å². The zero-order valence-electron chi connectivity index (χ0n) is 17.7. The molecule has 2 aromatic carbocycles. The lowest BCUT2D eigenvalue weighted by Gasteiger charge is -2.33. The van der Waals surface area contributed by atoms with E-state index in [0.717, 1.165) is 35.0 Å². The summed E-state index contributed by atoms with van der Waals surface area (Å²) in [5.41, 5.74) is 3.36. The summed E-state index contributed by atoms with van der Waals surface area (Å²) in [6.45, 7) is 7.32. The maximum Gasteiger partial charge on any atom is 0.193 e. The van der Waals surface area contributed by atoms with Gasteiger partial charge in [0.2, 0.25) is 0 Å². The van der Waals surface area contributed by atoms with Crippen LogP contribution in [0.2, 0.25) is 18.1 Å². The first-order valence-electron chi connectivity index (χ1n) is 10.5. The molecule has 3 aromatic rings. The molecule has 0 saturated heterocycles. The van der Waals surface area contributed by atoms with Crippen LogP contribution in [0.25, 0.3) is 0 Å². The lowest BCUT2D eigenvalue weighted by atomic mass is 10.0. The third-order valence-corrected chi connectivity index (χ3v) is 10.3. The molecule has 0 bridgehead atoms. The predicted molar refractivity (Wildman–Crippen MR) is 122 cm³/mol. The van der Waals surface area contributed by atoms with Crippen molar-refractivity contribution in [2.45, 2.75) is 51.6 Å². The molecule has 0 saturated carbocycles. The van der Waals surface area contributed by atoms with Crippen LogP contribution in [0.1, 0.15) is 43.6 Å². The van der Waals surface area contributed by atoms with Crippen LogP contribution in [-0.2, 0) is 11.0 Å². The third-order valence-electron chi connectivity index (χ3n) is 5.69. The van der Waals surface area contributed by atoms with E-state index in [0.29, 0.717) is 6.61 Å². The van der Waals surface area contributed by atoms with E-state index < -0.39 is 8.32 Å². The summed E-state index contributed by atoms with van der Waals surface area (Å²) >= 11 is 0. The normalized spacial score (nSPS) is 12.5. The summed E-state index contributed by atoms with van der Waals surface area (Å²) in [7, 11) is -1.80. The van der Waals surface area contributed by atoms with E-state index >= 15 is 0 Å². The van der Waals surface area contributed by atoms with E-state index in [4.69, 9.17) is 9.16 Å². The quantitative estimate of drug-likeness (QED) is 0.349. The lowest BCUT2D eigenvalue weighted by Crippen LogP contribution is -2.37. The smallest absolute Gasteiger partial charge is 0.193 e. The van der Waals surface area contributed by atoms with Crippen LogP contribution in [0.4, 0.5) is 0 Å². The van der Waals surface area contributed by atoms with Gasteiger partial charge in [0, 0.05) is 11.8 Å². The average Bonchev–Trinajstić information content (AvgIpc) is 2.80. The van der Waals surface area contributed by atoms with Crippen LogP contribution < -0.4 is 4.74 Å². The fourth-order valence-electron chi connectivity index (χ4n) is 3.61. The Kier molecular flexibility index (Phi) is 7.61. The molecule has 0 fully saturated rings. The number of benzene rings is 2. The molecule has 3 rings (SSSR count). The van der Waals surface area contributed by atoms with E-state index in [1.807, 2.05) is 30.5 Å². The van der Waals surface area contributed by atoms with Crippen molar-refractivity contribution in [2.24, 2.45) is 0 Å². The van der Waals surface area contributed by atoms with Gasteiger partial charge in [0.25, 0.3) is 0 Å². The van der Waals surface area contributed by atoms with E-state index in [-0.39, 0.29) is 6.10 Å². The first kappa shape index (κ1) is 21.3. The third kappa shape index (κ3) is 5.55. The molecule has 1 heterocycles. The average molecular weight is 406 g/mol. The second kappa shape index (κ2) is 10.4. The highest BCUT2D eigenvalue weighted by Gasteiger charge is 2.33. The fourth-order valence-corrected chi connectivity index (χ4v) is 6.38. The molecule has 0 N–H and O–H groups in total. The number of nitrogens with zero attached hydrogens (tertiary/aromatic N) is 1. The Morgan fingerprint density at radius 2 is 1.41 bits per heavy atom. The molecule has 0 aliphatic heterocycles. The Balaban J connectivity index is 1.87. The zero-order chi connectivity index (χ0) is 20.5. The summed E-state index contributed by atoms with van der Waals surface area (Å²) in [5, 5.41) is 0. The topological polar surface area (TPSA) is 31.4 Å². The Morgan fingerprint density at radius 1 is 0.793 bits per heavy atom. The zero-order valence-corrected chi connectivity index (χ0v) is 18.7. The number of rotatable bonds is 10. The Hall–Kier alpha value is -2.43. The maximum absolute atomic E-state index is 6.92. The Bertz CT molecular complexity index is 858. The fraction of sp³-hybridized carbons (Fsp3) is 0.320. The molecule has 0 radical (unpaired) electrons. The number of aromatic nitrogens is 1. The van der Waals surface area contributed by atoms with Crippen molar-refractivity contribution in [2.75, 3.05) is 0 Å². The predicted octanol–water partition coefficient (Wildman–Crippen LogP) is 6.77. The number of hydrogen-bond acceptors (Lipinski definition) is 3. The number of ether oxygens (including phenoxy) is 1. The molecule has 152 valence electrons. The van der Waals surface area contributed by atoms with Gasteiger partial charge in [-0.3, -0.25) is 4.98 Å². The highest BCUT2D eigenvalue weighted by atomic mass is 28.4. The molecule has 1 unspecified atom stereocenters. The molecule has 0 aliphatic carbocycles. The highest BCUT2D eigenvalue weighted by Crippen LogP contribution is 2.35. The van der Waals surface area contributed by atoms with Crippen LogP contribution in [-0.4, -0.2) is 13.3 Å². The van der Waals surface area contributed by atoms with Gasteiger partial charge in [0.15, 0.2) is 8.32 Å². The van der Waals surface area contributed by atoms with E-state index in [1.165, 1.54) is 5.56 Å². The Labute approximate surface area is 175 Å².